The second kappa shape index (κ2) is 11.0. The van der Waals surface area contributed by atoms with E-state index in [9.17, 15) is 4.79 Å². The first-order chi connectivity index (χ1) is 14.7. The molecule has 0 heterocycles. The fourth-order valence-corrected chi connectivity index (χ4v) is 3.18. The van der Waals surface area contributed by atoms with Gasteiger partial charge in [-0.1, -0.05) is 72.3 Å². The van der Waals surface area contributed by atoms with E-state index in [4.69, 9.17) is 9.47 Å². The van der Waals surface area contributed by atoms with Crippen LogP contribution in [0.3, 0.4) is 0 Å². The second-order valence-corrected chi connectivity index (χ2v) is 6.98. The minimum absolute atomic E-state index is 0.0534. The van der Waals surface area contributed by atoms with Crippen molar-refractivity contribution in [2.75, 3.05) is 26.8 Å². The minimum atomic E-state index is -0.0772. The second-order valence-electron chi connectivity index (χ2n) is 6.98. The molecule has 0 radical (unpaired) electrons. The van der Waals surface area contributed by atoms with Crippen LogP contribution in [0.4, 0.5) is 0 Å². The summed E-state index contributed by atoms with van der Waals surface area (Å²) >= 11 is 0. The molecule has 156 valence electrons. The van der Waals surface area contributed by atoms with Crippen LogP contribution in [-0.2, 0) is 4.79 Å². The summed E-state index contributed by atoms with van der Waals surface area (Å²) in [6, 6.07) is 25.9. The SMILES string of the molecule is COc1ccccc1OCCNC(=O)CN[C@H](c1ccccc1)c1ccc(C)cc1. The van der Waals surface area contributed by atoms with Gasteiger partial charge < -0.3 is 14.8 Å². The molecule has 0 saturated carbocycles. The molecule has 0 fully saturated rings. The molecule has 30 heavy (non-hydrogen) atoms. The Balaban J connectivity index is 1.51. The number of hydrogen-bond acceptors (Lipinski definition) is 4. The van der Waals surface area contributed by atoms with E-state index in [0.29, 0.717) is 24.7 Å². The van der Waals surface area contributed by atoms with Gasteiger partial charge in [0.15, 0.2) is 11.5 Å². The molecule has 0 unspecified atom stereocenters. The largest absolute Gasteiger partial charge is 0.493 e. The predicted molar refractivity (Wildman–Crippen MR) is 119 cm³/mol. The van der Waals surface area contributed by atoms with Gasteiger partial charge in [-0.05, 0) is 30.2 Å². The van der Waals surface area contributed by atoms with Crippen molar-refractivity contribution >= 4 is 5.91 Å². The van der Waals surface area contributed by atoms with E-state index in [1.807, 2.05) is 42.5 Å². The summed E-state index contributed by atoms with van der Waals surface area (Å²) in [4.78, 5) is 12.3. The zero-order valence-electron chi connectivity index (χ0n) is 17.4. The lowest BCUT2D eigenvalue weighted by atomic mass is 9.98. The Labute approximate surface area is 178 Å². The molecule has 3 aromatic rings. The molecule has 0 aliphatic carbocycles. The molecule has 3 aromatic carbocycles. The highest BCUT2D eigenvalue weighted by Crippen LogP contribution is 2.25. The number of para-hydroxylation sites is 2. The van der Waals surface area contributed by atoms with Crippen molar-refractivity contribution in [2.45, 2.75) is 13.0 Å². The molecule has 1 atom stereocenters. The van der Waals surface area contributed by atoms with E-state index >= 15 is 0 Å². The van der Waals surface area contributed by atoms with Crippen LogP contribution in [0.25, 0.3) is 0 Å². The van der Waals surface area contributed by atoms with Crippen LogP contribution in [0.2, 0.25) is 0 Å². The van der Waals surface area contributed by atoms with Crippen molar-refractivity contribution in [1.82, 2.24) is 10.6 Å². The lowest BCUT2D eigenvalue weighted by molar-refractivity contribution is -0.120. The number of hydrogen-bond donors (Lipinski definition) is 2. The first kappa shape index (κ1) is 21.4. The molecular weight excluding hydrogens is 376 g/mol. The molecule has 0 bridgehead atoms. The molecule has 5 nitrogen and oxygen atoms in total. The van der Waals surface area contributed by atoms with E-state index in [2.05, 4.69) is 54.0 Å². The van der Waals surface area contributed by atoms with Crippen molar-refractivity contribution in [3.05, 3.63) is 95.6 Å². The zero-order valence-corrected chi connectivity index (χ0v) is 17.4. The average molecular weight is 405 g/mol. The van der Waals surface area contributed by atoms with E-state index < -0.39 is 0 Å². The van der Waals surface area contributed by atoms with E-state index in [1.165, 1.54) is 5.56 Å². The summed E-state index contributed by atoms with van der Waals surface area (Å²) in [5, 5.41) is 6.27. The number of rotatable bonds is 10. The molecule has 0 spiro atoms. The smallest absolute Gasteiger partial charge is 0.234 e. The Kier molecular flexibility index (Phi) is 7.86. The van der Waals surface area contributed by atoms with E-state index in [-0.39, 0.29) is 18.5 Å². The Hall–Kier alpha value is -3.31. The van der Waals surface area contributed by atoms with Crippen LogP contribution in [-0.4, -0.2) is 32.7 Å². The molecule has 5 heteroatoms. The lowest BCUT2D eigenvalue weighted by Crippen LogP contribution is -2.37. The number of carbonyl (C=O) groups is 1. The average Bonchev–Trinajstić information content (AvgIpc) is 2.79. The standard InChI is InChI=1S/C25H28N2O3/c1-19-12-14-21(15-13-19)25(20-8-4-3-5-9-20)27-18-24(28)26-16-17-30-23-11-7-6-10-22(23)29-2/h3-15,25,27H,16-18H2,1-2H3,(H,26,28)/t25-/m1/s1. The topological polar surface area (TPSA) is 59.6 Å². The molecule has 1 amide bonds. The van der Waals surface area contributed by atoms with Gasteiger partial charge in [0.25, 0.3) is 0 Å². The number of benzene rings is 3. The number of nitrogens with one attached hydrogen (secondary N) is 2. The van der Waals surface area contributed by atoms with Crippen molar-refractivity contribution in [1.29, 1.82) is 0 Å². The molecule has 0 saturated heterocycles. The quantitative estimate of drug-likeness (QED) is 0.504. The third-order valence-electron chi connectivity index (χ3n) is 4.76. The number of ether oxygens (including phenoxy) is 2. The predicted octanol–water partition coefficient (Wildman–Crippen LogP) is 3.88. The third-order valence-corrected chi connectivity index (χ3v) is 4.76. The van der Waals surface area contributed by atoms with Crippen LogP contribution < -0.4 is 20.1 Å². The first-order valence-corrected chi connectivity index (χ1v) is 10.0. The number of methoxy groups -OCH3 is 1. The molecule has 3 rings (SSSR count). The van der Waals surface area contributed by atoms with Crippen molar-refractivity contribution < 1.29 is 14.3 Å². The minimum Gasteiger partial charge on any atom is -0.493 e. The summed E-state index contributed by atoms with van der Waals surface area (Å²) in [7, 11) is 1.60. The highest BCUT2D eigenvalue weighted by Gasteiger charge is 2.15. The van der Waals surface area contributed by atoms with Crippen LogP contribution in [0.5, 0.6) is 11.5 Å². The van der Waals surface area contributed by atoms with Crippen molar-refractivity contribution in [2.24, 2.45) is 0 Å². The van der Waals surface area contributed by atoms with E-state index in [0.717, 1.165) is 11.1 Å². The van der Waals surface area contributed by atoms with Gasteiger partial charge in [-0.15, -0.1) is 0 Å². The summed E-state index contributed by atoms with van der Waals surface area (Å²) in [5.41, 5.74) is 3.45. The maximum atomic E-state index is 12.3. The summed E-state index contributed by atoms with van der Waals surface area (Å²) < 4.78 is 11.0. The number of carbonyl (C=O) groups excluding carboxylic acids is 1. The highest BCUT2D eigenvalue weighted by molar-refractivity contribution is 5.78. The van der Waals surface area contributed by atoms with Crippen LogP contribution in [0, 0.1) is 6.92 Å². The van der Waals surface area contributed by atoms with E-state index in [1.54, 1.807) is 7.11 Å². The van der Waals surface area contributed by atoms with Gasteiger partial charge in [-0.3, -0.25) is 10.1 Å². The molecule has 0 aromatic heterocycles. The van der Waals surface area contributed by atoms with Crippen LogP contribution in [0.15, 0.2) is 78.9 Å². The molecule has 0 aliphatic rings. The normalized spacial score (nSPS) is 11.5. The summed E-state index contributed by atoms with van der Waals surface area (Å²) in [6.07, 6.45) is 0. The Bertz CT molecular complexity index is 927. The van der Waals surface area contributed by atoms with Gasteiger partial charge in [-0.2, -0.15) is 0 Å². The molecule has 2 N–H and O–H groups in total. The fourth-order valence-electron chi connectivity index (χ4n) is 3.18. The van der Waals surface area contributed by atoms with Gasteiger partial charge in [0, 0.05) is 0 Å². The van der Waals surface area contributed by atoms with Gasteiger partial charge in [0.05, 0.1) is 26.2 Å². The summed E-state index contributed by atoms with van der Waals surface area (Å²) in [5.74, 6) is 1.26. The third kappa shape index (κ3) is 6.09. The highest BCUT2D eigenvalue weighted by atomic mass is 16.5. The number of aryl methyl sites for hydroxylation is 1. The molecular formula is C25H28N2O3. The van der Waals surface area contributed by atoms with Gasteiger partial charge >= 0.3 is 0 Å². The van der Waals surface area contributed by atoms with Crippen LogP contribution >= 0.6 is 0 Å². The monoisotopic (exact) mass is 404 g/mol. The first-order valence-electron chi connectivity index (χ1n) is 10.0. The van der Waals surface area contributed by atoms with Gasteiger partial charge in [0.1, 0.15) is 6.61 Å². The Morgan fingerprint density at radius 1 is 0.867 bits per heavy atom. The van der Waals surface area contributed by atoms with Crippen molar-refractivity contribution in [3.63, 3.8) is 0 Å². The lowest BCUT2D eigenvalue weighted by Gasteiger charge is -2.20. The summed E-state index contributed by atoms with van der Waals surface area (Å²) in [6.45, 7) is 3.06. The Morgan fingerprint density at radius 3 is 2.20 bits per heavy atom. The van der Waals surface area contributed by atoms with Gasteiger partial charge in [0.2, 0.25) is 5.91 Å². The number of amides is 1. The fraction of sp³-hybridized carbons (Fsp3) is 0.240. The maximum absolute atomic E-state index is 12.3. The molecule has 0 aliphatic heterocycles. The van der Waals surface area contributed by atoms with Gasteiger partial charge in [-0.25, -0.2) is 0 Å². The maximum Gasteiger partial charge on any atom is 0.234 e. The van der Waals surface area contributed by atoms with Crippen LogP contribution in [0.1, 0.15) is 22.7 Å². The Morgan fingerprint density at radius 2 is 1.50 bits per heavy atom. The zero-order chi connectivity index (χ0) is 21.2. The van der Waals surface area contributed by atoms with Crippen molar-refractivity contribution in [3.8, 4) is 11.5 Å².